The SMILES string of the molecule is Fc1cc(Br)c(Cl)cc1C(Br)c1ccc(I)c(Cl)c1. The molecule has 6 heteroatoms. The smallest absolute Gasteiger partial charge is 0.129 e. The van der Waals surface area contributed by atoms with E-state index in [1.54, 1.807) is 6.07 Å². The Morgan fingerprint density at radius 1 is 1.11 bits per heavy atom. The highest BCUT2D eigenvalue weighted by molar-refractivity contribution is 14.1. The third-order valence-corrected chi connectivity index (χ3v) is 6.34. The first-order valence-corrected chi connectivity index (χ1v) is 8.68. The Bertz CT molecular complexity index is 634. The number of alkyl halides is 1. The van der Waals surface area contributed by atoms with Gasteiger partial charge in [0.1, 0.15) is 5.82 Å². The van der Waals surface area contributed by atoms with Gasteiger partial charge in [0.15, 0.2) is 0 Å². The van der Waals surface area contributed by atoms with Gasteiger partial charge in [0.05, 0.1) is 14.9 Å². The molecule has 0 amide bonds. The number of rotatable bonds is 2. The maximum atomic E-state index is 14.0. The van der Waals surface area contributed by atoms with Gasteiger partial charge in [-0.1, -0.05) is 45.2 Å². The van der Waals surface area contributed by atoms with E-state index in [4.69, 9.17) is 23.2 Å². The molecule has 0 radical (unpaired) electrons. The van der Waals surface area contributed by atoms with Crippen LogP contribution >= 0.6 is 77.7 Å². The summed E-state index contributed by atoms with van der Waals surface area (Å²) >= 11 is 20.9. The monoisotopic (exact) mass is 536 g/mol. The summed E-state index contributed by atoms with van der Waals surface area (Å²) in [7, 11) is 0. The van der Waals surface area contributed by atoms with E-state index in [1.807, 2.05) is 18.2 Å². The second-order valence-corrected chi connectivity index (χ2v) is 7.57. The van der Waals surface area contributed by atoms with Gasteiger partial charge in [0.25, 0.3) is 0 Å². The first-order valence-electron chi connectivity index (χ1n) is 5.13. The molecule has 2 aromatic carbocycles. The summed E-state index contributed by atoms with van der Waals surface area (Å²) in [5, 5.41) is 1.11. The molecule has 0 saturated carbocycles. The van der Waals surface area contributed by atoms with Crippen molar-refractivity contribution in [3.63, 3.8) is 0 Å². The van der Waals surface area contributed by atoms with Gasteiger partial charge in [-0.2, -0.15) is 0 Å². The van der Waals surface area contributed by atoms with E-state index < -0.39 is 0 Å². The van der Waals surface area contributed by atoms with Crippen molar-refractivity contribution in [1.82, 2.24) is 0 Å². The molecule has 0 bridgehead atoms. The Balaban J connectivity index is 2.46. The Morgan fingerprint density at radius 3 is 2.42 bits per heavy atom. The van der Waals surface area contributed by atoms with Crippen molar-refractivity contribution in [2.75, 3.05) is 0 Å². The zero-order valence-corrected chi connectivity index (χ0v) is 16.1. The van der Waals surface area contributed by atoms with Gasteiger partial charge in [-0.15, -0.1) is 0 Å². The summed E-state index contributed by atoms with van der Waals surface area (Å²) in [4.78, 5) is -0.299. The lowest BCUT2D eigenvalue weighted by atomic mass is 10.0. The van der Waals surface area contributed by atoms with E-state index in [1.165, 1.54) is 6.07 Å². The molecule has 2 aromatic rings. The molecule has 1 atom stereocenters. The van der Waals surface area contributed by atoms with Crippen molar-refractivity contribution in [2.45, 2.75) is 4.83 Å². The quantitative estimate of drug-likeness (QED) is 0.220. The minimum atomic E-state index is -0.326. The highest BCUT2D eigenvalue weighted by atomic mass is 127. The molecule has 19 heavy (non-hydrogen) atoms. The fourth-order valence-corrected chi connectivity index (χ4v) is 3.23. The standard InChI is InChI=1S/C13H6Br2Cl2FI/c14-8-5-11(18)7(4-9(8)16)13(15)6-1-2-12(19)10(17)3-6/h1-5,13H. The third kappa shape index (κ3) is 3.64. The molecular weight excluding hydrogens is 533 g/mol. The van der Waals surface area contributed by atoms with Crippen molar-refractivity contribution >= 4 is 77.7 Å². The fourth-order valence-electron chi connectivity index (χ4n) is 1.58. The first-order chi connectivity index (χ1) is 8.90. The average molecular weight is 539 g/mol. The van der Waals surface area contributed by atoms with E-state index in [0.717, 1.165) is 9.13 Å². The normalized spacial score (nSPS) is 12.5. The molecule has 2 rings (SSSR count). The molecule has 100 valence electrons. The zero-order chi connectivity index (χ0) is 14.2. The van der Waals surface area contributed by atoms with Crippen LogP contribution in [0, 0.1) is 9.39 Å². The van der Waals surface area contributed by atoms with E-state index in [9.17, 15) is 4.39 Å². The summed E-state index contributed by atoms with van der Waals surface area (Å²) in [6, 6.07) is 8.58. The first kappa shape index (κ1) is 16.0. The van der Waals surface area contributed by atoms with E-state index in [0.29, 0.717) is 20.1 Å². The number of halogens is 6. The molecule has 0 heterocycles. The lowest BCUT2D eigenvalue weighted by molar-refractivity contribution is 0.612. The molecule has 0 saturated heterocycles. The van der Waals surface area contributed by atoms with E-state index in [-0.39, 0.29) is 10.6 Å². The molecule has 0 spiro atoms. The van der Waals surface area contributed by atoms with E-state index >= 15 is 0 Å². The molecule has 1 unspecified atom stereocenters. The van der Waals surface area contributed by atoms with Gasteiger partial charge < -0.3 is 0 Å². The second-order valence-electron chi connectivity index (χ2n) is 3.82. The van der Waals surface area contributed by atoms with Crippen molar-refractivity contribution < 1.29 is 4.39 Å². The second kappa shape index (κ2) is 6.60. The topological polar surface area (TPSA) is 0 Å². The van der Waals surface area contributed by atoms with Crippen LogP contribution < -0.4 is 0 Å². The molecule has 0 fully saturated rings. The zero-order valence-electron chi connectivity index (χ0n) is 9.23. The van der Waals surface area contributed by atoms with Gasteiger partial charge in [0, 0.05) is 13.6 Å². The lowest BCUT2D eigenvalue weighted by Crippen LogP contribution is -1.97. The van der Waals surface area contributed by atoms with Crippen LogP contribution in [0.3, 0.4) is 0 Å². The predicted octanol–water partition coefficient (Wildman–Crippen LogP) is 6.98. The van der Waals surface area contributed by atoms with Crippen LogP contribution in [0.1, 0.15) is 16.0 Å². The van der Waals surface area contributed by atoms with Crippen LogP contribution in [-0.2, 0) is 0 Å². The maximum absolute atomic E-state index is 14.0. The third-order valence-electron chi connectivity index (χ3n) is 2.55. The summed E-state index contributed by atoms with van der Waals surface area (Å²) < 4.78 is 15.5. The van der Waals surface area contributed by atoms with Crippen molar-refractivity contribution in [2.24, 2.45) is 0 Å². The average Bonchev–Trinajstić information content (AvgIpc) is 2.36. The van der Waals surface area contributed by atoms with Crippen LogP contribution in [0.15, 0.2) is 34.8 Å². The Kier molecular flexibility index (Phi) is 5.57. The summed E-state index contributed by atoms with van der Waals surface area (Å²) in [5.74, 6) is -0.326. The largest absolute Gasteiger partial charge is 0.207 e. The van der Waals surface area contributed by atoms with Gasteiger partial charge in [0.2, 0.25) is 0 Å². The summed E-state index contributed by atoms with van der Waals surface area (Å²) in [5.41, 5.74) is 1.35. The van der Waals surface area contributed by atoms with Gasteiger partial charge in [-0.05, 0) is 68.3 Å². The Morgan fingerprint density at radius 2 is 1.79 bits per heavy atom. The van der Waals surface area contributed by atoms with Crippen LogP contribution in [0.25, 0.3) is 0 Å². The molecule has 0 aromatic heterocycles. The Hall–Kier alpha value is 0.640. The fraction of sp³-hybridized carbons (Fsp3) is 0.0769. The van der Waals surface area contributed by atoms with Crippen LogP contribution in [0.5, 0.6) is 0 Å². The van der Waals surface area contributed by atoms with Gasteiger partial charge in [-0.25, -0.2) is 4.39 Å². The number of hydrogen-bond donors (Lipinski definition) is 0. The lowest BCUT2D eigenvalue weighted by Gasteiger charge is -2.13. The van der Waals surface area contributed by atoms with Gasteiger partial charge >= 0.3 is 0 Å². The maximum Gasteiger partial charge on any atom is 0.129 e. The van der Waals surface area contributed by atoms with E-state index in [2.05, 4.69) is 54.5 Å². The van der Waals surface area contributed by atoms with Crippen molar-refractivity contribution in [3.05, 3.63) is 65.4 Å². The minimum Gasteiger partial charge on any atom is -0.207 e. The molecule has 0 nitrogen and oxygen atoms in total. The molecule has 0 aliphatic carbocycles. The predicted molar refractivity (Wildman–Crippen MR) is 94.0 cm³/mol. The minimum absolute atomic E-state index is 0.299. The summed E-state index contributed by atoms with van der Waals surface area (Å²) in [6.07, 6.45) is 0. The molecule has 0 aliphatic rings. The molecule has 0 aliphatic heterocycles. The number of hydrogen-bond acceptors (Lipinski definition) is 0. The number of benzene rings is 2. The van der Waals surface area contributed by atoms with Crippen molar-refractivity contribution in [3.8, 4) is 0 Å². The highest BCUT2D eigenvalue weighted by Crippen LogP contribution is 2.37. The molecule has 0 N–H and O–H groups in total. The van der Waals surface area contributed by atoms with Crippen LogP contribution in [-0.4, -0.2) is 0 Å². The Labute approximate surface area is 151 Å². The van der Waals surface area contributed by atoms with Crippen LogP contribution in [0.4, 0.5) is 4.39 Å². The molecular formula is C13H6Br2Cl2FI. The highest BCUT2D eigenvalue weighted by Gasteiger charge is 2.17. The summed E-state index contributed by atoms with van der Waals surface area (Å²) in [6.45, 7) is 0. The van der Waals surface area contributed by atoms with Crippen molar-refractivity contribution in [1.29, 1.82) is 0 Å². The van der Waals surface area contributed by atoms with Crippen LogP contribution in [0.2, 0.25) is 10.0 Å². The van der Waals surface area contributed by atoms with Gasteiger partial charge in [-0.3, -0.25) is 0 Å².